The van der Waals surface area contributed by atoms with Crippen molar-refractivity contribution in [2.24, 2.45) is 0 Å². The lowest BCUT2D eigenvalue weighted by Gasteiger charge is -2.05. The Morgan fingerprint density at radius 2 is 1.07 bits per heavy atom. The lowest BCUT2D eigenvalue weighted by Crippen LogP contribution is -2.06. The van der Waals surface area contributed by atoms with Crippen LogP contribution in [0, 0.1) is 0 Å². The van der Waals surface area contributed by atoms with Gasteiger partial charge in [-0.3, -0.25) is 0 Å². The molecule has 0 spiro atoms. The van der Waals surface area contributed by atoms with Gasteiger partial charge < -0.3 is 14.2 Å². The monoisotopic (exact) mass is 214 g/mol. The highest BCUT2D eigenvalue weighted by Gasteiger charge is 2.26. The molecule has 2 saturated heterocycles. The van der Waals surface area contributed by atoms with Crippen molar-refractivity contribution in [3.63, 3.8) is 0 Å². The Balaban J connectivity index is 0.000000124. The van der Waals surface area contributed by atoms with Gasteiger partial charge in [-0.25, -0.2) is 0 Å². The minimum atomic E-state index is 0.392. The summed E-state index contributed by atoms with van der Waals surface area (Å²) in [5.74, 6) is 0. The molecule has 0 radical (unpaired) electrons. The summed E-state index contributed by atoms with van der Waals surface area (Å²) >= 11 is 0. The van der Waals surface area contributed by atoms with E-state index in [1.807, 2.05) is 0 Å². The quantitative estimate of drug-likeness (QED) is 0.672. The summed E-state index contributed by atoms with van der Waals surface area (Å²) in [4.78, 5) is 0. The fraction of sp³-hybridized carbons (Fsp3) is 1.00. The Labute approximate surface area is 92.1 Å². The van der Waals surface area contributed by atoms with Crippen LogP contribution in [-0.2, 0) is 14.2 Å². The molecule has 1 saturated carbocycles. The average molecular weight is 214 g/mol. The molecule has 0 N–H and O–H groups in total. The number of hydrogen-bond donors (Lipinski definition) is 0. The summed E-state index contributed by atoms with van der Waals surface area (Å²) in [7, 11) is 0. The van der Waals surface area contributed by atoms with Crippen LogP contribution in [0.25, 0.3) is 0 Å². The van der Waals surface area contributed by atoms with E-state index in [-0.39, 0.29) is 0 Å². The molecule has 2 unspecified atom stereocenters. The summed E-state index contributed by atoms with van der Waals surface area (Å²) in [6, 6.07) is 0. The van der Waals surface area contributed by atoms with Crippen LogP contribution < -0.4 is 0 Å². The molecule has 3 aliphatic rings. The van der Waals surface area contributed by atoms with E-state index in [4.69, 9.17) is 14.2 Å². The van der Waals surface area contributed by atoms with Gasteiger partial charge in [0.2, 0.25) is 0 Å². The summed E-state index contributed by atoms with van der Waals surface area (Å²) in [6.07, 6.45) is 9.78. The van der Waals surface area contributed by atoms with E-state index in [1.54, 1.807) is 0 Å². The second-order valence-electron chi connectivity index (χ2n) is 4.57. The summed E-state index contributed by atoms with van der Waals surface area (Å²) in [6.45, 7) is 3.26. The maximum Gasteiger partial charge on any atom is 0.104 e. The van der Waals surface area contributed by atoms with Crippen LogP contribution in [0.15, 0.2) is 0 Å². The number of hydrogen-bond acceptors (Lipinski definition) is 3. The minimum Gasteiger partial charge on any atom is -0.376 e. The van der Waals surface area contributed by atoms with E-state index in [0.29, 0.717) is 12.2 Å². The molecule has 88 valence electrons. The Kier molecular flexibility index (Phi) is 4.90. The van der Waals surface area contributed by atoms with Crippen molar-refractivity contribution in [2.75, 3.05) is 26.4 Å². The summed E-state index contributed by atoms with van der Waals surface area (Å²) < 4.78 is 15.1. The lowest BCUT2D eigenvalue weighted by atomic mass is 10.0. The van der Waals surface area contributed by atoms with Crippen molar-refractivity contribution >= 4 is 0 Å². The van der Waals surface area contributed by atoms with Crippen molar-refractivity contribution in [3.05, 3.63) is 0 Å². The van der Waals surface area contributed by atoms with Gasteiger partial charge in [0.15, 0.2) is 0 Å². The first-order valence-corrected chi connectivity index (χ1v) is 6.26. The van der Waals surface area contributed by atoms with E-state index < -0.39 is 0 Å². The van der Waals surface area contributed by atoms with Gasteiger partial charge in [0.25, 0.3) is 0 Å². The van der Waals surface area contributed by atoms with Crippen LogP contribution >= 0.6 is 0 Å². The Morgan fingerprint density at radius 1 is 0.733 bits per heavy atom. The number of ether oxygens (including phenoxy) is 3. The van der Waals surface area contributed by atoms with Crippen LogP contribution in [0.2, 0.25) is 0 Å². The minimum absolute atomic E-state index is 0.392. The van der Waals surface area contributed by atoms with E-state index in [1.165, 1.54) is 38.5 Å². The molecule has 0 aromatic heterocycles. The summed E-state index contributed by atoms with van der Waals surface area (Å²) in [5.41, 5.74) is 0. The zero-order valence-corrected chi connectivity index (χ0v) is 9.45. The molecule has 0 aromatic rings. The van der Waals surface area contributed by atoms with Gasteiger partial charge in [0.1, 0.15) is 12.2 Å². The average Bonchev–Trinajstić information content (AvgIpc) is 3.16. The van der Waals surface area contributed by atoms with Gasteiger partial charge >= 0.3 is 0 Å². The highest BCUT2D eigenvalue weighted by molar-refractivity contribution is 4.71. The van der Waals surface area contributed by atoms with Crippen LogP contribution in [0.4, 0.5) is 0 Å². The molecule has 2 heterocycles. The van der Waals surface area contributed by atoms with Crippen molar-refractivity contribution in [1.29, 1.82) is 0 Å². The normalized spacial score (nSPS) is 32.8. The molecule has 2 atom stereocenters. The molecule has 0 bridgehead atoms. The van der Waals surface area contributed by atoms with Crippen molar-refractivity contribution in [3.8, 4) is 0 Å². The van der Waals surface area contributed by atoms with Crippen molar-refractivity contribution < 1.29 is 14.2 Å². The maximum atomic E-state index is 5.23. The van der Waals surface area contributed by atoms with Gasteiger partial charge in [0.05, 0.1) is 26.4 Å². The standard InChI is InChI=1S/C6H10O3.C6H12/c1(5-3-8-5)7-2-6-4-9-6;1-2-4-6-5-3-1/h5-6H,1-4H2;1-6H2. The molecule has 3 rings (SSSR count). The van der Waals surface area contributed by atoms with E-state index >= 15 is 0 Å². The summed E-state index contributed by atoms with van der Waals surface area (Å²) in [5, 5.41) is 0. The Morgan fingerprint density at radius 3 is 1.33 bits per heavy atom. The molecular weight excluding hydrogens is 192 g/mol. The molecule has 3 fully saturated rings. The van der Waals surface area contributed by atoms with Gasteiger partial charge in [-0.15, -0.1) is 0 Å². The maximum absolute atomic E-state index is 5.23. The Hall–Kier alpha value is -0.120. The first-order valence-electron chi connectivity index (χ1n) is 6.26. The van der Waals surface area contributed by atoms with E-state index in [9.17, 15) is 0 Å². The van der Waals surface area contributed by atoms with Crippen molar-refractivity contribution in [1.82, 2.24) is 0 Å². The number of rotatable bonds is 4. The smallest absolute Gasteiger partial charge is 0.104 e. The molecule has 0 aromatic carbocycles. The number of epoxide rings is 2. The largest absolute Gasteiger partial charge is 0.376 e. The topological polar surface area (TPSA) is 34.3 Å². The molecule has 2 aliphatic heterocycles. The van der Waals surface area contributed by atoms with Crippen molar-refractivity contribution in [2.45, 2.75) is 50.7 Å². The molecule has 3 heteroatoms. The Bertz CT molecular complexity index is 137. The second kappa shape index (κ2) is 6.46. The zero-order valence-electron chi connectivity index (χ0n) is 9.45. The SMILES string of the molecule is C(OCC1CO1)C1CO1.C1CCCCC1. The fourth-order valence-electron chi connectivity index (χ4n) is 1.72. The van der Waals surface area contributed by atoms with Gasteiger partial charge in [-0.1, -0.05) is 38.5 Å². The fourth-order valence-corrected chi connectivity index (χ4v) is 1.72. The molecule has 15 heavy (non-hydrogen) atoms. The third-order valence-electron chi connectivity index (χ3n) is 2.91. The predicted octanol–water partition coefficient (Wildman–Crippen LogP) is 2.14. The van der Waals surface area contributed by atoms with Gasteiger partial charge in [-0.05, 0) is 0 Å². The molecule has 0 amide bonds. The predicted molar refractivity (Wildman–Crippen MR) is 58.0 cm³/mol. The highest BCUT2D eigenvalue weighted by atomic mass is 16.6. The molecule has 3 nitrogen and oxygen atoms in total. The molecular formula is C12H22O3. The zero-order chi connectivity index (χ0) is 10.3. The first kappa shape index (κ1) is 11.4. The third kappa shape index (κ3) is 6.13. The van der Waals surface area contributed by atoms with Crippen LogP contribution in [0.3, 0.4) is 0 Å². The lowest BCUT2D eigenvalue weighted by molar-refractivity contribution is 0.102. The van der Waals surface area contributed by atoms with Crippen LogP contribution in [-0.4, -0.2) is 38.6 Å². The van der Waals surface area contributed by atoms with Gasteiger partial charge in [-0.2, -0.15) is 0 Å². The van der Waals surface area contributed by atoms with Crippen LogP contribution in [0.1, 0.15) is 38.5 Å². The van der Waals surface area contributed by atoms with Crippen LogP contribution in [0.5, 0.6) is 0 Å². The van der Waals surface area contributed by atoms with Gasteiger partial charge in [0, 0.05) is 0 Å². The van der Waals surface area contributed by atoms with E-state index in [0.717, 1.165) is 26.4 Å². The van der Waals surface area contributed by atoms with E-state index in [2.05, 4.69) is 0 Å². The highest BCUT2D eigenvalue weighted by Crippen LogP contribution is 2.15. The molecule has 1 aliphatic carbocycles. The first-order chi connectivity index (χ1) is 7.45. The second-order valence-corrected chi connectivity index (χ2v) is 4.57. The third-order valence-corrected chi connectivity index (χ3v) is 2.91.